The number of carbonyl (C=O) groups excluding carboxylic acids is 3. The van der Waals surface area contributed by atoms with Crippen molar-refractivity contribution in [3.63, 3.8) is 0 Å². The van der Waals surface area contributed by atoms with Gasteiger partial charge in [0.25, 0.3) is 0 Å². The number of imide groups is 1. The second-order valence-electron chi connectivity index (χ2n) is 8.94. The lowest BCUT2D eigenvalue weighted by Crippen LogP contribution is -2.45. The Hall–Kier alpha value is -3.07. The molecule has 3 amide bonds. The fourth-order valence-corrected chi connectivity index (χ4v) is 5.04. The van der Waals surface area contributed by atoms with Crippen LogP contribution >= 0.6 is 15.9 Å². The number of carbonyl (C=O) groups is 3. The third-order valence-electron chi connectivity index (χ3n) is 6.19. The molecule has 1 saturated heterocycles. The molecule has 2 unspecified atom stereocenters. The predicted molar refractivity (Wildman–Crippen MR) is 137 cm³/mol. The van der Waals surface area contributed by atoms with Crippen LogP contribution in [-0.4, -0.2) is 40.7 Å². The van der Waals surface area contributed by atoms with Crippen LogP contribution in [0.2, 0.25) is 0 Å². The van der Waals surface area contributed by atoms with Crippen LogP contribution in [0.15, 0.2) is 55.1 Å². The first kappa shape index (κ1) is 27.5. The lowest BCUT2D eigenvalue weighted by molar-refractivity contribution is -0.143. The van der Waals surface area contributed by atoms with E-state index in [0.717, 1.165) is 10.5 Å². The Morgan fingerprint density at radius 1 is 1.14 bits per heavy atom. The number of hydrogen-bond acceptors (Lipinski definition) is 4. The lowest BCUT2D eigenvalue weighted by Gasteiger charge is -2.30. The molecule has 0 radical (unpaired) electrons. The maximum atomic E-state index is 14.8. The minimum atomic E-state index is -3.57. The van der Waals surface area contributed by atoms with Crippen molar-refractivity contribution in [2.45, 2.75) is 38.4 Å². The molecule has 6 nitrogen and oxygen atoms in total. The van der Waals surface area contributed by atoms with Crippen molar-refractivity contribution in [2.24, 2.45) is 11.8 Å². The number of allylic oxidation sites excluding steroid dienone is 1. The van der Waals surface area contributed by atoms with E-state index in [9.17, 15) is 23.2 Å². The molecule has 192 valence electrons. The summed E-state index contributed by atoms with van der Waals surface area (Å²) in [6.45, 7) is 9.30. The SMILES string of the molecule is C=CCC(C(=O)N1CCN(c2ccccc2)C1=O)C(CC(=O)Oc1c(C)cc(C)cc1C)C(F)(F)Br. The van der Waals surface area contributed by atoms with Crippen LogP contribution in [0.3, 0.4) is 0 Å². The molecule has 1 aliphatic rings. The van der Waals surface area contributed by atoms with Gasteiger partial charge in [0.05, 0.1) is 18.3 Å². The summed E-state index contributed by atoms with van der Waals surface area (Å²) in [5.41, 5.74) is 2.98. The lowest BCUT2D eigenvalue weighted by atomic mass is 9.85. The van der Waals surface area contributed by atoms with Crippen LogP contribution < -0.4 is 9.64 Å². The van der Waals surface area contributed by atoms with E-state index in [1.54, 1.807) is 44.2 Å². The molecule has 1 fully saturated rings. The highest BCUT2D eigenvalue weighted by Gasteiger charge is 2.49. The highest BCUT2D eigenvalue weighted by Crippen LogP contribution is 2.41. The zero-order valence-corrected chi connectivity index (χ0v) is 22.1. The minimum absolute atomic E-state index is 0.0486. The van der Waals surface area contributed by atoms with Crippen molar-refractivity contribution < 1.29 is 27.9 Å². The maximum Gasteiger partial charge on any atom is 0.331 e. The molecule has 0 bridgehead atoms. The van der Waals surface area contributed by atoms with Crippen molar-refractivity contribution >= 4 is 39.5 Å². The molecule has 2 aromatic rings. The average Bonchev–Trinajstić information content (AvgIpc) is 3.19. The highest BCUT2D eigenvalue weighted by atomic mass is 79.9. The fourth-order valence-electron chi connectivity index (χ4n) is 4.55. The van der Waals surface area contributed by atoms with Gasteiger partial charge < -0.3 is 4.74 Å². The first-order valence-corrected chi connectivity index (χ1v) is 12.4. The Balaban J connectivity index is 1.83. The summed E-state index contributed by atoms with van der Waals surface area (Å²) in [5.74, 6) is -4.50. The summed E-state index contributed by atoms with van der Waals surface area (Å²) in [7, 11) is 0. The molecule has 0 N–H and O–H groups in total. The molecule has 1 heterocycles. The Bertz CT molecular complexity index is 1130. The van der Waals surface area contributed by atoms with Crippen LogP contribution in [0.4, 0.5) is 19.3 Å². The van der Waals surface area contributed by atoms with E-state index in [0.29, 0.717) is 22.6 Å². The van der Waals surface area contributed by atoms with E-state index in [-0.39, 0.29) is 19.5 Å². The molecule has 0 aromatic heterocycles. The third-order valence-corrected chi connectivity index (χ3v) is 6.78. The van der Waals surface area contributed by atoms with Crippen molar-refractivity contribution in [3.05, 3.63) is 71.8 Å². The quantitative estimate of drug-likeness (QED) is 0.158. The smallest absolute Gasteiger partial charge is 0.331 e. The van der Waals surface area contributed by atoms with Crippen LogP contribution in [0.5, 0.6) is 5.75 Å². The summed E-state index contributed by atoms with van der Waals surface area (Å²) in [4.78, 5) is 38.0. The van der Waals surface area contributed by atoms with E-state index in [4.69, 9.17) is 4.74 Å². The van der Waals surface area contributed by atoms with Crippen molar-refractivity contribution in [2.75, 3.05) is 18.0 Å². The largest absolute Gasteiger partial charge is 0.426 e. The van der Waals surface area contributed by atoms with Gasteiger partial charge in [-0.15, -0.1) is 6.58 Å². The van der Waals surface area contributed by atoms with Gasteiger partial charge in [0.1, 0.15) is 5.75 Å². The molecule has 36 heavy (non-hydrogen) atoms. The first-order valence-electron chi connectivity index (χ1n) is 11.6. The molecule has 0 spiro atoms. The second-order valence-corrected chi connectivity index (χ2v) is 10.0. The monoisotopic (exact) mass is 562 g/mol. The third kappa shape index (κ3) is 6.19. The molecular weight excluding hydrogens is 534 g/mol. The second kappa shape index (κ2) is 11.3. The number of urea groups is 1. The normalized spacial score (nSPS) is 15.6. The number of para-hydroxylation sites is 1. The minimum Gasteiger partial charge on any atom is -0.426 e. The standard InChI is InChI=1S/C27H29BrF2N2O4/c1-5-9-21(25(34)32-13-12-31(26(32)35)20-10-7-6-8-11-20)22(27(28,29)30)16-23(33)36-24-18(3)14-17(2)15-19(24)4/h5-8,10-11,14-15,21-22H,1,9,12-13,16H2,2-4H3. The van der Waals surface area contributed by atoms with Gasteiger partial charge in [-0.25, -0.2) is 4.79 Å². The van der Waals surface area contributed by atoms with Crippen LogP contribution in [0.25, 0.3) is 0 Å². The maximum absolute atomic E-state index is 14.8. The number of halogens is 3. The van der Waals surface area contributed by atoms with Gasteiger partial charge in [-0.2, -0.15) is 8.78 Å². The van der Waals surface area contributed by atoms with Gasteiger partial charge in [0.2, 0.25) is 5.91 Å². The first-order chi connectivity index (χ1) is 16.9. The van der Waals surface area contributed by atoms with E-state index in [1.165, 1.54) is 11.0 Å². The number of benzene rings is 2. The molecule has 3 rings (SSSR count). The van der Waals surface area contributed by atoms with Crippen LogP contribution in [0.1, 0.15) is 29.5 Å². The Morgan fingerprint density at radius 2 is 1.75 bits per heavy atom. The zero-order chi connectivity index (χ0) is 26.6. The molecular formula is C27H29BrF2N2O4. The number of nitrogens with zero attached hydrogens (tertiary/aromatic N) is 2. The van der Waals surface area contributed by atoms with Crippen molar-refractivity contribution in [3.8, 4) is 5.75 Å². The van der Waals surface area contributed by atoms with Crippen molar-refractivity contribution in [1.29, 1.82) is 0 Å². The van der Waals surface area contributed by atoms with E-state index in [2.05, 4.69) is 22.5 Å². The van der Waals surface area contributed by atoms with Gasteiger partial charge in [0.15, 0.2) is 0 Å². The van der Waals surface area contributed by atoms with E-state index in [1.807, 2.05) is 19.1 Å². The summed E-state index contributed by atoms with van der Waals surface area (Å²) < 4.78 is 35.0. The Morgan fingerprint density at radius 3 is 2.31 bits per heavy atom. The zero-order valence-electron chi connectivity index (χ0n) is 20.5. The summed E-state index contributed by atoms with van der Waals surface area (Å²) >= 11 is 2.37. The summed E-state index contributed by atoms with van der Waals surface area (Å²) in [5, 5.41) is 0. The topological polar surface area (TPSA) is 66.9 Å². The van der Waals surface area contributed by atoms with Gasteiger partial charge in [-0.05, 0) is 66.4 Å². The summed E-state index contributed by atoms with van der Waals surface area (Å²) in [6.07, 6.45) is 0.457. The number of aryl methyl sites for hydroxylation is 3. The molecule has 1 aliphatic heterocycles. The highest BCUT2D eigenvalue weighted by molar-refractivity contribution is 9.10. The van der Waals surface area contributed by atoms with Gasteiger partial charge in [-0.3, -0.25) is 19.4 Å². The van der Waals surface area contributed by atoms with Crippen molar-refractivity contribution in [1.82, 2.24) is 4.90 Å². The number of hydrogen-bond donors (Lipinski definition) is 0. The van der Waals surface area contributed by atoms with E-state index >= 15 is 0 Å². The summed E-state index contributed by atoms with van der Waals surface area (Å²) in [6, 6.07) is 11.8. The number of ether oxygens (including phenoxy) is 1. The van der Waals surface area contributed by atoms with Crippen LogP contribution in [-0.2, 0) is 9.59 Å². The van der Waals surface area contributed by atoms with Gasteiger partial charge in [-0.1, -0.05) is 42.0 Å². The molecule has 0 saturated carbocycles. The number of rotatable bonds is 9. The van der Waals surface area contributed by atoms with Gasteiger partial charge >= 0.3 is 16.8 Å². The van der Waals surface area contributed by atoms with Gasteiger partial charge in [0, 0.05) is 18.8 Å². The van der Waals surface area contributed by atoms with E-state index < -0.39 is 41.0 Å². The Kier molecular flexibility index (Phi) is 8.66. The Labute approximate surface area is 218 Å². The predicted octanol–water partition coefficient (Wildman–Crippen LogP) is 6.17. The number of anilines is 1. The molecule has 2 aromatic carbocycles. The van der Waals surface area contributed by atoms with Crippen LogP contribution in [0, 0.1) is 32.6 Å². The molecule has 9 heteroatoms. The number of amides is 3. The number of esters is 1. The number of alkyl halides is 3. The fraction of sp³-hybridized carbons (Fsp3) is 0.370. The molecule has 2 atom stereocenters. The molecule has 0 aliphatic carbocycles. The average molecular weight is 563 g/mol.